The first kappa shape index (κ1) is 37.1. The maximum atomic E-state index is 12.1. The van der Waals surface area contributed by atoms with Crippen LogP contribution in [0.25, 0.3) is 11.1 Å². The molecule has 0 atom stereocenters. The van der Waals surface area contributed by atoms with Gasteiger partial charge in [0, 0.05) is 30.3 Å². The number of carbonyl (C=O) groups excluding carboxylic acids is 3. The second-order valence-corrected chi connectivity index (χ2v) is 7.47. The van der Waals surface area contributed by atoms with E-state index in [0.29, 0.717) is 24.3 Å². The number of benzene rings is 2. The molecule has 0 aromatic heterocycles. The van der Waals surface area contributed by atoms with Crippen LogP contribution in [0.5, 0.6) is 0 Å². The zero-order chi connectivity index (χ0) is 29.3. The molecule has 8 heteroatoms. The smallest absolute Gasteiger partial charge is 0.250 e. The molecule has 0 aliphatic carbocycles. The van der Waals surface area contributed by atoms with E-state index < -0.39 is 0 Å². The Kier molecular flexibility index (Phi) is 23.7. The summed E-state index contributed by atoms with van der Waals surface area (Å²) in [6, 6.07) is 14.9. The third-order valence-electron chi connectivity index (χ3n) is 4.50. The molecule has 0 fully saturated rings. The van der Waals surface area contributed by atoms with E-state index in [1.54, 1.807) is 0 Å². The highest BCUT2D eigenvalue weighted by molar-refractivity contribution is 5.97. The molecular formula is C30H49N3O5. The summed E-state index contributed by atoms with van der Waals surface area (Å²) in [5.74, 6) is -0.434. The molecule has 8 nitrogen and oxygen atoms in total. The Morgan fingerprint density at radius 1 is 0.737 bits per heavy atom. The average Bonchev–Trinajstić information content (AvgIpc) is 2.97. The number of Topliss-reactive ketones (excluding diaryl/α,β-unsaturated/α-hetero) is 1. The Bertz CT molecular complexity index is 882. The topological polar surface area (TPSA) is 120 Å². The van der Waals surface area contributed by atoms with Gasteiger partial charge in [0.05, 0.1) is 13.2 Å². The molecular weight excluding hydrogens is 482 g/mol. The van der Waals surface area contributed by atoms with Crippen molar-refractivity contribution in [3.63, 3.8) is 0 Å². The number of ketones is 1. The first-order chi connectivity index (χ1) is 18.4. The lowest BCUT2D eigenvalue weighted by molar-refractivity contribution is -0.127. The molecule has 4 N–H and O–H groups in total. The SMILES string of the molecule is CC.CC.CC.CC(C)C(=O)c1ccc(-c2ccc(NC(=O)COCCOCC(=O)NCCN)cc2)cc1. The number of hydrogen-bond donors (Lipinski definition) is 3. The van der Waals surface area contributed by atoms with E-state index in [2.05, 4.69) is 10.6 Å². The van der Waals surface area contributed by atoms with Gasteiger partial charge in [0.15, 0.2) is 5.78 Å². The highest BCUT2D eigenvalue weighted by Gasteiger charge is 2.10. The lowest BCUT2D eigenvalue weighted by Crippen LogP contribution is -2.32. The molecule has 0 aliphatic heterocycles. The number of ether oxygens (including phenoxy) is 2. The lowest BCUT2D eigenvalue weighted by atomic mass is 9.98. The number of anilines is 1. The van der Waals surface area contributed by atoms with Crippen molar-refractivity contribution in [1.82, 2.24) is 5.32 Å². The fraction of sp³-hybridized carbons (Fsp3) is 0.500. The van der Waals surface area contributed by atoms with Crippen LogP contribution >= 0.6 is 0 Å². The molecule has 0 aliphatic rings. The molecule has 2 aromatic rings. The minimum atomic E-state index is -0.282. The van der Waals surface area contributed by atoms with Crippen molar-refractivity contribution in [2.24, 2.45) is 11.7 Å². The highest BCUT2D eigenvalue weighted by Crippen LogP contribution is 2.22. The molecule has 2 amide bonds. The van der Waals surface area contributed by atoms with E-state index in [9.17, 15) is 14.4 Å². The summed E-state index contributed by atoms with van der Waals surface area (Å²) in [6.45, 7) is 16.8. The van der Waals surface area contributed by atoms with E-state index in [-0.39, 0.29) is 49.9 Å². The monoisotopic (exact) mass is 531 g/mol. The van der Waals surface area contributed by atoms with E-state index in [1.807, 2.05) is 104 Å². The molecule has 2 rings (SSSR count). The Morgan fingerprint density at radius 2 is 1.18 bits per heavy atom. The number of amides is 2. The zero-order valence-electron chi connectivity index (χ0n) is 24.6. The Morgan fingerprint density at radius 3 is 1.63 bits per heavy atom. The van der Waals surface area contributed by atoms with Gasteiger partial charge in [-0.3, -0.25) is 14.4 Å². The number of rotatable bonds is 13. The summed E-state index contributed by atoms with van der Waals surface area (Å²) in [5.41, 5.74) is 8.61. The predicted octanol–water partition coefficient (Wildman–Crippen LogP) is 5.32. The van der Waals surface area contributed by atoms with E-state index in [4.69, 9.17) is 15.2 Å². The minimum absolute atomic E-state index is 0.0341. The van der Waals surface area contributed by atoms with Crippen LogP contribution in [-0.4, -0.2) is 57.1 Å². The number of nitrogens with one attached hydrogen (secondary N) is 2. The normalized spacial score (nSPS) is 9.53. The molecule has 0 heterocycles. The van der Waals surface area contributed by atoms with Crippen molar-refractivity contribution in [2.75, 3.05) is 44.8 Å². The average molecular weight is 532 g/mol. The molecule has 38 heavy (non-hydrogen) atoms. The molecule has 0 unspecified atom stereocenters. The first-order valence-electron chi connectivity index (χ1n) is 13.6. The van der Waals surface area contributed by atoms with Crippen LogP contribution in [0.3, 0.4) is 0 Å². The quantitative estimate of drug-likeness (QED) is 0.238. The molecule has 0 radical (unpaired) electrons. The summed E-state index contributed by atoms with van der Waals surface area (Å²) < 4.78 is 10.4. The van der Waals surface area contributed by atoms with Gasteiger partial charge in [-0.25, -0.2) is 0 Å². The molecule has 0 bridgehead atoms. The molecule has 0 saturated carbocycles. The van der Waals surface area contributed by atoms with Gasteiger partial charge in [0.1, 0.15) is 13.2 Å². The van der Waals surface area contributed by atoms with Gasteiger partial charge in [-0.2, -0.15) is 0 Å². The number of carbonyl (C=O) groups is 3. The maximum absolute atomic E-state index is 12.1. The van der Waals surface area contributed by atoms with Gasteiger partial charge in [-0.15, -0.1) is 0 Å². The Hall–Kier alpha value is -3.07. The third kappa shape index (κ3) is 15.9. The van der Waals surface area contributed by atoms with Crippen molar-refractivity contribution in [1.29, 1.82) is 0 Å². The van der Waals surface area contributed by atoms with Crippen LogP contribution in [0.4, 0.5) is 5.69 Å². The fourth-order valence-electron chi connectivity index (χ4n) is 2.81. The summed E-state index contributed by atoms with van der Waals surface area (Å²) in [6.07, 6.45) is 0. The van der Waals surface area contributed by atoms with Crippen LogP contribution < -0.4 is 16.4 Å². The molecule has 2 aromatic carbocycles. The van der Waals surface area contributed by atoms with Gasteiger partial charge in [0.25, 0.3) is 0 Å². The van der Waals surface area contributed by atoms with Gasteiger partial charge in [0.2, 0.25) is 11.8 Å². The van der Waals surface area contributed by atoms with Gasteiger partial charge < -0.3 is 25.8 Å². The van der Waals surface area contributed by atoms with Crippen molar-refractivity contribution in [3.8, 4) is 11.1 Å². The highest BCUT2D eigenvalue weighted by atomic mass is 16.5. The summed E-state index contributed by atoms with van der Waals surface area (Å²) in [5, 5.41) is 5.35. The summed E-state index contributed by atoms with van der Waals surface area (Å²) in [4.78, 5) is 35.4. The van der Waals surface area contributed by atoms with Crippen LogP contribution in [0.1, 0.15) is 65.7 Å². The summed E-state index contributed by atoms with van der Waals surface area (Å²) in [7, 11) is 0. The van der Waals surface area contributed by atoms with Gasteiger partial charge >= 0.3 is 0 Å². The third-order valence-corrected chi connectivity index (χ3v) is 4.50. The molecule has 214 valence electrons. The van der Waals surface area contributed by atoms with Crippen LogP contribution in [0.15, 0.2) is 48.5 Å². The van der Waals surface area contributed by atoms with E-state index >= 15 is 0 Å². The Labute approximate surface area is 229 Å². The second kappa shape index (κ2) is 24.3. The lowest BCUT2D eigenvalue weighted by Gasteiger charge is -2.09. The minimum Gasteiger partial charge on any atom is -0.369 e. The Balaban J connectivity index is 0. The van der Waals surface area contributed by atoms with E-state index in [0.717, 1.165) is 11.1 Å². The first-order valence-corrected chi connectivity index (χ1v) is 13.6. The second-order valence-electron chi connectivity index (χ2n) is 7.47. The fourth-order valence-corrected chi connectivity index (χ4v) is 2.81. The largest absolute Gasteiger partial charge is 0.369 e. The van der Waals surface area contributed by atoms with Gasteiger partial charge in [-0.1, -0.05) is 91.8 Å². The standard InChI is InChI=1S/C24H31N3O5.3C2H6/c1-17(2)24(30)20-5-3-18(4-6-20)19-7-9-21(10-8-19)27-23(29)16-32-14-13-31-15-22(28)26-12-11-25;3*1-2/h3-10,17H,11-16,25H2,1-2H3,(H,26,28)(H,27,29);3*1-2H3. The van der Waals surface area contributed by atoms with Crippen molar-refractivity contribution >= 4 is 23.3 Å². The molecule has 0 saturated heterocycles. The summed E-state index contributed by atoms with van der Waals surface area (Å²) >= 11 is 0. The molecule has 0 spiro atoms. The van der Waals surface area contributed by atoms with Crippen LogP contribution in [0.2, 0.25) is 0 Å². The van der Waals surface area contributed by atoms with Crippen LogP contribution in [0, 0.1) is 5.92 Å². The number of nitrogens with two attached hydrogens (primary N) is 1. The van der Waals surface area contributed by atoms with E-state index in [1.165, 1.54) is 0 Å². The predicted molar refractivity (Wildman–Crippen MR) is 157 cm³/mol. The van der Waals surface area contributed by atoms with Crippen molar-refractivity contribution in [2.45, 2.75) is 55.4 Å². The van der Waals surface area contributed by atoms with Crippen molar-refractivity contribution < 1.29 is 23.9 Å². The van der Waals surface area contributed by atoms with Crippen LogP contribution in [-0.2, 0) is 19.1 Å². The zero-order valence-corrected chi connectivity index (χ0v) is 24.6. The van der Waals surface area contributed by atoms with Gasteiger partial charge in [-0.05, 0) is 23.3 Å². The van der Waals surface area contributed by atoms with Crippen molar-refractivity contribution in [3.05, 3.63) is 54.1 Å². The maximum Gasteiger partial charge on any atom is 0.250 e. The number of hydrogen-bond acceptors (Lipinski definition) is 6.